The predicted octanol–water partition coefficient (Wildman–Crippen LogP) is 3.51. The Balaban J connectivity index is 1.90. The first-order chi connectivity index (χ1) is 11.1. The van der Waals surface area contributed by atoms with Gasteiger partial charge in [-0.2, -0.15) is 0 Å². The molecule has 0 aliphatic carbocycles. The molecule has 2 rings (SSSR count). The SMILES string of the molecule is CCOc1ccc(C(C)NC(=O)Cc2ccc(OC)cc2)cc1. The topological polar surface area (TPSA) is 47.6 Å². The van der Waals surface area contributed by atoms with E-state index < -0.39 is 0 Å². The van der Waals surface area contributed by atoms with E-state index in [-0.39, 0.29) is 11.9 Å². The smallest absolute Gasteiger partial charge is 0.224 e. The Morgan fingerprint density at radius 3 is 2.22 bits per heavy atom. The molecule has 0 spiro atoms. The summed E-state index contributed by atoms with van der Waals surface area (Å²) in [5, 5.41) is 3.01. The Kier molecular flexibility index (Phi) is 6.03. The van der Waals surface area contributed by atoms with Crippen LogP contribution in [0.25, 0.3) is 0 Å². The normalized spacial score (nSPS) is 11.6. The maximum Gasteiger partial charge on any atom is 0.224 e. The number of hydrogen-bond donors (Lipinski definition) is 1. The third-order valence-electron chi connectivity index (χ3n) is 3.59. The maximum absolute atomic E-state index is 12.2. The summed E-state index contributed by atoms with van der Waals surface area (Å²) in [6, 6.07) is 15.3. The summed E-state index contributed by atoms with van der Waals surface area (Å²) in [5.74, 6) is 1.63. The fraction of sp³-hybridized carbons (Fsp3) is 0.316. The molecule has 2 aromatic carbocycles. The molecule has 1 unspecified atom stereocenters. The number of carbonyl (C=O) groups excluding carboxylic acids is 1. The van der Waals surface area contributed by atoms with Crippen molar-refractivity contribution >= 4 is 5.91 Å². The molecule has 0 aromatic heterocycles. The van der Waals surface area contributed by atoms with Crippen LogP contribution in [-0.4, -0.2) is 19.6 Å². The molecule has 1 amide bonds. The van der Waals surface area contributed by atoms with Crippen molar-refractivity contribution in [2.75, 3.05) is 13.7 Å². The Morgan fingerprint density at radius 2 is 1.65 bits per heavy atom. The van der Waals surface area contributed by atoms with Crippen molar-refractivity contribution in [2.24, 2.45) is 0 Å². The zero-order valence-corrected chi connectivity index (χ0v) is 13.8. The van der Waals surface area contributed by atoms with Gasteiger partial charge in [0.1, 0.15) is 11.5 Å². The molecule has 0 aliphatic heterocycles. The summed E-state index contributed by atoms with van der Waals surface area (Å²) in [4.78, 5) is 12.2. The van der Waals surface area contributed by atoms with E-state index in [1.54, 1.807) is 7.11 Å². The minimum Gasteiger partial charge on any atom is -0.497 e. The van der Waals surface area contributed by atoms with Gasteiger partial charge in [0.25, 0.3) is 0 Å². The van der Waals surface area contributed by atoms with Gasteiger partial charge in [0.2, 0.25) is 5.91 Å². The lowest BCUT2D eigenvalue weighted by molar-refractivity contribution is -0.121. The predicted molar refractivity (Wildman–Crippen MR) is 90.9 cm³/mol. The number of carbonyl (C=O) groups is 1. The van der Waals surface area contributed by atoms with Gasteiger partial charge in [-0.3, -0.25) is 4.79 Å². The lowest BCUT2D eigenvalue weighted by Gasteiger charge is -2.15. The van der Waals surface area contributed by atoms with E-state index in [9.17, 15) is 4.79 Å². The third kappa shape index (κ3) is 5.02. The van der Waals surface area contributed by atoms with E-state index in [1.165, 1.54) is 0 Å². The molecule has 4 heteroatoms. The largest absolute Gasteiger partial charge is 0.497 e. The van der Waals surface area contributed by atoms with E-state index in [2.05, 4.69) is 5.32 Å². The van der Waals surface area contributed by atoms with Crippen molar-refractivity contribution < 1.29 is 14.3 Å². The number of rotatable bonds is 7. The van der Waals surface area contributed by atoms with Gasteiger partial charge in [-0.05, 0) is 49.2 Å². The maximum atomic E-state index is 12.2. The first-order valence-corrected chi connectivity index (χ1v) is 7.77. The minimum atomic E-state index is -0.0450. The fourth-order valence-corrected chi connectivity index (χ4v) is 2.32. The molecule has 23 heavy (non-hydrogen) atoms. The van der Waals surface area contributed by atoms with E-state index in [1.807, 2.05) is 62.4 Å². The van der Waals surface area contributed by atoms with Crippen LogP contribution in [0, 0.1) is 0 Å². The molecule has 0 radical (unpaired) electrons. The van der Waals surface area contributed by atoms with Crippen LogP contribution < -0.4 is 14.8 Å². The minimum absolute atomic E-state index is 0.00319. The molecule has 122 valence electrons. The van der Waals surface area contributed by atoms with Gasteiger partial charge in [0.05, 0.1) is 26.2 Å². The van der Waals surface area contributed by atoms with Gasteiger partial charge in [-0.1, -0.05) is 24.3 Å². The van der Waals surface area contributed by atoms with Crippen molar-refractivity contribution in [1.82, 2.24) is 5.32 Å². The van der Waals surface area contributed by atoms with Crippen LogP contribution in [0.4, 0.5) is 0 Å². The lowest BCUT2D eigenvalue weighted by Crippen LogP contribution is -2.28. The fourth-order valence-electron chi connectivity index (χ4n) is 2.32. The Bertz CT molecular complexity index is 620. The number of nitrogens with one attached hydrogen (secondary N) is 1. The highest BCUT2D eigenvalue weighted by Gasteiger charge is 2.10. The molecule has 0 aliphatic rings. The first kappa shape index (κ1) is 16.9. The molecule has 4 nitrogen and oxygen atoms in total. The molecular weight excluding hydrogens is 290 g/mol. The van der Waals surface area contributed by atoms with E-state index >= 15 is 0 Å². The van der Waals surface area contributed by atoms with Gasteiger partial charge in [-0.15, -0.1) is 0 Å². The summed E-state index contributed by atoms with van der Waals surface area (Å²) in [5.41, 5.74) is 2.01. The van der Waals surface area contributed by atoms with Gasteiger partial charge in [0.15, 0.2) is 0 Å². The lowest BCUT2D eigenvalue weighted by atomic mass is 10.1. The van der Waals surface area contributed by atoms with E-state index in [4.69, 9.17) is 9.47 Å². The third-order valence-corrected chi connectivity index (χ3v) is 3.59. The molecule has 0 fully saturated rings. The molecular formula is C19H23NO3. The van der Waals surface area contributed by atoms with Crippen molar-refractivity contribution in [3.05, 3.63) is 59.7 Å². The summed E-state index contributed by atoms with van der Waals surface area (Å²) in [7, 11) is 1.63. The van der Waals surface area contributed by atoms with Crippen LogP contribution in [0.1, 0.15) is 31.0 Å². The standard InChI is InChI=1S/C19H23NO3/c1-4-23-18-11-7-16(8-12-18)14(2)20-19(21)13-15-5-9-17(22-3)10-6-15/h5-12,14H,4,13H2,1-3H3,(H,20,21). The highest BCUT2D eigenvalue weighted by Crippen LogP contribution is 2.18. The van der Waals surface area contributed by atoms with Crippen LogP contribution in [0.15, 0.2) is 48.5 Å². The van der Waals surface area contributed by atoms with Gasteiger partial charge >= 0.3 is 0 Å². The average molecular weight is 313 g/mol. The quantitative estimate of drug-likeness (QED) is 0.851. The van der Waals surface area contributed by atoms with Gasteiger partial charge in [-0.25, -0.2) is 0 Å². The van der Waals surface area contributed by atoms with E-state index in [0.717, 1.165) is 22.6 Å². The molecule has 1 N–H and O–H groups in total. The van der Waals surface area contributed by atoms with Crippen LogP contribution in [0.3, 0.4) is 0 Å². The number of ether oxygens (including phenoxy) is 2. The van der Waals surface area contributed by atoms with Crippen LogP contribution >= 0.6 is 0 Å². The Morgan fingerprint density at radius 1 is 1.04 bits per heavy atom. The van der Waals surface area contributed by atoms with Gasteiger partial charge < -0.3 is 14.8 Å². The first-order valence-electron chi connectivity index (χ1n) is 7.77. The monoisotopic (exact) mass is 313 g/mol. The van der Waals surface area contributed by atoms with Crippen LogP contribution in [0.2, 0.25) is 0 Å². The molecule has 2 aromatic rings. The number of hydrogen-bond acceptors (Lipinski definition) is 3. The molecule has 0 saturated carbocycles. The summed E-state index contributed by atoms with van der Waals surface area (Å²) >= 11 is 0. The van der Waals surface area contributed by atoms with Crippen molar-refractivity contribution in [2.45, 2.75) is 26.3 Å². The Labute approximate surface area is 137 Å². The zero-order chi connectivity index (χ0) is 16.7. The molecule has 0 bridgehead atoms. The van der Waals surface area contributed by atoms with Crippen molar-refractivity contribution in [3.8, 4) is 11.5 Å². The highest BCUT2D eigenvalue weighted by atomic mass is 16.5. The van der Waals surface area contributed by atoms with Crippen molar-refractivity contribution in [1.29, 1.82) is 0 Å². The second-order valence-corrected chi connectivity index (χ2v) is 5.32. The van der Waals surface area contributed by atoms with Crippen molar-refractivity contribution in [3.63, 3.8) is 0 Å². The second kappa shape index (κ2) is 8.22. The molecule has 1 atom stereocenters. The van der Waals surface area contributed by atoms with Gasteiger partial charge in [0, 0.05) is 0 Å². The summed E-state index contributed by atoms with van der Waals surface area (Å²) in [6.45, 7) is 4.57. The van der Waals surface area contributed by atoms with Crippen LogP contribution in [-0.2, 0) is 11.2 Å². The molecule has 0 saturated heterocycles. The number of benzene rings is 2. The molecule has 0 heterocycles. The average Bonchev–Trinajstić information content (AvgIpc) is 2.56. The van der Waals surface area contributed by atoms with E-state index in [0.29, 0.717) is 13.0 Å². The summed E-state index contributed by atoms with van der Waals surface area (Å²) in [6.07, 6.45) is 0.353. The number of amides is 1. The zero-order valence-electron chi connectivity index (χ0n) is 13.8. The highest BCUT2D eigenvalue weighted by molar-refractivity contribution is 5.79. The summed E-state index contributed by atoms with van der Waals surface area (Å²) < 4.78 is 10.5. The second-order valence-electron chi connectivity index (χ2n) is 5.32. The Hall–Kier alpha value is -2.49. The number of methoxy groups -OCH3 is 1. The van der Waals surface area contributed by atoms with Crippen LogP contribution in [0.5, 0.6) is 11.5 Å².